The van der Waals surface area contributed by atoms with E-state index in [9.17, 15) is 4.79 Å². The Morgan fingerprint density at radius 3 is 2.36 bits per heavy atom. The summed E-state index contributed by atoms with van der Waals surface area (Å²) in [6.07, 6.45) is 0.842. The highest BCUT2D eigenvalue weighted by atomic mass is 35.5. The van der Waals surface area contributed by atoms with Crippen molar-refractivity contribution in [2.75, 3.05) is 17.2 Å². The predicted octanol–water partition coefficient (Wildman–Crippen LogP) is 4.04. The van der Waals surface area contributed by atoms with Crippen LogP contribution in [0.5, 0.6) is 0 Å². The molecule has 0 radical (unpaired) electrons. The molecule has 1 heterocycles. The molecular formula is C19H17ClN4O. The molecule has 0 fully saturated rings. The highest BCUT2D eigenvalue weighted by Crippen LogP contribution is 2.11. The molecule has 3 rings (SSSR count). The maximum Gasteiger partial charge on any atom is 0.276 e. The Kier molecular flexibility index (Phi) is 5.59. The maximum absolute atomic E-state index is 12.1. The van der Waals surface area contributed by atoms with E-state index in [4.69, 9.17) is 11.6 Å². The van der Waals surface area contributed by atoms with Crippen LogP contribution in [0.4, 0.5) is 11.5 Å². The lowest BCUT2D eigenvalue weighted by molar-refractivity contribution is 0.102. The zero-order valence-corrected chi connectivity index (χ0v) is 14.2. The van der Waals surface area contributed by atoms with Gasteiger partial charge in [-0.2, -0.15) is 0 Å². The predicted molar refractivity (Wildman–Crippen MR) is 100 cm³/mol. The first-order valence-corrected chi connectivity index (χ1v) is 8.27. The van der Waals surface area contributed by atoms with Gasteiger partial charge in [0, 0.05) is 17.3 Å². The highest BCUT2D eigenvalue weighted by Gasteiger charge is 2.08. The number of nitrogens with one attached hydrogen (secondary N) is 2. The molecule has 0 saturated heterocycles. The van der Waals surface area contributed by atoms with Crippen LogP contribution < -0.4 is 10.6 Å². The zero-order valence-electron chi connectivity index (χ0n) is 13.4. The largest absolute Gasteiger partial charge is 0.368 e. The van der Waals surface area contributed by atoms with E-state index in [2.05, 4.69) is 20.8 Å². The van der Waals surface area contributed by atoms with Gasteiger partial charge in [-0.05, 0) is 48.4 Å². The van der Waals surface area contributed by atoms with Crippen LogP contribution in [-0.2, 0) is 6.42 Å². The Hall–Kier alpha value is -2.92. The van der Waals surface area contributed by atoms with Crippen molar-refractivity contribution in [3.8, 4) is 0 Å². The summed E-state index contributed by atoms with van der Waals surface area (Å²) in [4.78, 5) is 12.1. The normalized spacial score (nSPS) is 10.3. The van der Waals surface area contributed by atoms with E-state index in [1.165, 1.54) is 5.56 Å². The second kappa shape index (κ2) is 8.26. The molecule has 1 amide bonds. The third-order valence-electron chi connectivity index (χ3n) is 3.56. The number of rotatable bonds is 6. The maximum atomic E-state index is 12.1. The number of hydrogen-bond acceptors (Lipinski definition) is 4. The van der Waals surface area contributed by atoms with Gasteiger partial charge in [-0.3, -0.25) is 4.79 Å². The minimum absolute atomic E-state index is 0.270. The van der Waals surface area contributed by atoms with Gasteiger partial charge in [0.15, 0.2) is 5.69 Å². The molecule has 1 aromatic heterocycles. The second-order valence-corrected chi connectivity index (χ2v) is 5.86. The molecule has 25 heavy (non-hydrogen) atoms. The minimum atomic E-state index is -0.286. The Labute approximate surface area is 151 Å². The molecule has 5 nitrogen and oxygen atoms in total. The van der Waals surface area contributed by atoms with Crippen molar-refractivity contribution in [3.05, 3.63) is 83.0 Å². The Bertz CT molecular complexity index is 820. The van der Waals surface area contributed by atoms with Crippen molar-refractivity contribution in [2.24, 2.45) is 0 Å². The number of benzene rings is 2. The van der Waals surface area contributed by atoms with Crippen LogP contribution in [0.25, 0.3) is 0 Å². The molecule has 0 saturated carbocycles. The Morgan fingerprint density at radius 1 is 0.920 bits per heavy atom. The van der Waals surface area contributed by atoms with Gasteiger partial charge in [-0.25, -0.2) is 0 Å². The summed E-state index contributed by atoms with van der Waals surface area (Å²) in [6, 6.07) is 20.4. The first kappa shape index (κ1) is 16.9. The Morgan fingerprint density at radius 2 is 1.68 bits per heavy atom. The number of nitrogens with zero attached hydrogens (tertiary/aromatic N) is 2. The molecule has 126 valence electrons. The fourth-order valence-electron chi connectivity index (χ4n) is 2.25. The number of carbonyl (C=O) groups is 1. The van der Waals surface area contributed by atoms with Gasteiger partial charge in [-0.15, -0.1) is 10.2 Å². The molecule has 0 unspecified atom stereocenters. The molecule has 0 aliphatic carbocycles. The van der Waals surface area contributed by atoms with E-state index in [-0.39, 0.29) is 11.6 Å². The number of hydrogen-bond donors (Lipinski definition) is 2. The molecular weight excluding hydrogens is 336 g/mol. The average molecular weight is 353 g/mol. The van der Waals surface area contributed by atoms with Gasteiger partial charge in [0.25, 0.3) is 5.91 Å². The minimum Gasteiger partial charge on any atom is -0.368 e. The van der Waals surface area contributed by atoms with Crippen molar-refractivity contribution in [1.29, 1.82) is 0 Å². The van der Waals surface area contributed by atoms with Crippen LogP contribution in [0, 0.1) is 0 Å². The topological polar surface area (TPSA) is 66.9 Å². The SMILES string of the molecule is O=C(Nc1ccccc1)c1ccc(NCCc2ccc(Cl)cc2)nn1. The molecule has 0 bridgehead atoms. The summed E-state index contributed by atoms with van der Waals surface area (Å²) in [5.74, 6) is 0.344. The summed E-state index contributed by atoms with van der Waals surface area (Å²) in [5.41, 5.74) is 2.18. The van der Waals surface area contributed by atoms with Gasteiger partial charge < -0.3 is 10.6 Å². The van der Waals surface area contributed by atoms with Crippen LogP contribution in [0.2, 0.25) is 5.02 Å². The summed E-state index contributed by atoms with van der Waals surface area (Å²) in [5, 5.41) is 14.7. The van der Waals surface area contributed by atoms with Crippen molar-refractivity contribution >= 4 is 29.0 Å². The quantitative estimate of drug-likeness (QED) is 0.702. The molecule has 0 spiro atoms. The summed E-state index contributed by atoms with van der Waals surface area (Å²) in [6.45, 7) is 0.714. The first-order chi connectivity index (χ1) is 12.2. The van der Waals surface area contributed by atoms with E-state index >= 15 is 0 Å². The van der Waals surface area contributed by atoms with E-state index in [1.807, 2.05) is 54.6 Å². The average Bonchev–Trinajstić information content (AvgIpc) is 2.65. The molecule has 2 aromatic carbocycles. The van der Waals surface area contributed by atoms with Crippen LogP contribution in [0.1, 0.15) is 16.1 Å². The van der Waals surface area contributed by atoms with Crippen LogP contribution in [0.15, 0.2) is 66.7 Å². The van der Waals surface area contributed by atoms with E-state index in [0.717, 1.165) is 17.1 Å². The summed E-state index contributed by atoms with van der Waals surface area (Å²) in [7, 11) is 0. The fraction of sp³-hybridized carbons (Fsp3) is 0.105. The van der Waals surface area contributed by atoms with E-state index in [0.29, 0.717) is 12.4 Å². The van der Waals surface area contributed by atoms with Gasteiger partial charge in [0.05, 0.1) is 0 Å². The van der Waals surface area contributed by atoms with Crippen LogP contribution in [0.3, 0.4) is 0 Å². The number of amides is 1. The molecule has 2 N–H and O–H groups in total. The third-order valence-corrected chi connectivity index (χ3v) is 3.81. The monoisotopic (exact) mass is 352 g/mol. The number of carbonyl (C=O) groups excluding carboxylic acids is 1. The van der Waals surface area contributed by atoms with Gasteiger partial charge in [0.2, 0.25) is 0 Å². The third kappa shape index (κ3) is 5.02. The lowest BCUT2D eigenvalue weighted by Gasteiger charge is -2.07. The number of para-hydroxylation sites is 1. The fourth-order valence-corrected chi connectivity index (χ4v) is 2.38. The van der Waals surface area contributed by atoms with Gasteiger partial charge in [0.1, 0.15) is 5.82 Å². The molecule has 0 aliphatic rings. The number of halogens is 1. The van der Waals surface area contributed by atoms with Crippen LogP contribution in [-0.4, -0.2) is 22.6 Å². The summed E-state index contributed by atoms with van der Waals surface area (Å²) >= 11 is 5.87. The summed E-state index contributed by atoms with van der Waals surface area (Å²) < 4.78 is 0. The van der Waals surface area contributed by atoms with Crippen molar-refractivity contribution in [1.82, 2.24) is 10.2 Å². The molecule has 0 aliphatic heterocycles. The molecule has 0 atom stereocenters. The molecule has 6 heteroatoms. The lowest BCUT2D eigenvalue weighted by Crippen LogP contribution is -2.15. The molecule has 3 aromatic rings. The van der Waals surface area contributed by atoms with Gasteiger partial charge in [-0.1, -0.05) is 41.9 Å². The van der Waals surface area contributed by atoms with Crippen molar-refractivity contribution < 1.29 is 4.79 Å². The number of anilines is 2. The van der Waals surface area contributed by atoms with Crippen LogP contribution >= 0.6 is 11.6 Å². The smallest absolute Gasteiger partial charge is 0.276 e. The second-order valence-electron chi connectivity index (χ2n) is 5.43. The van der Waals surface area contributed by atoms with Crippen molar-refractivity contribution in [2.45, 2.75) is 6.42 Å². The van der Waals surface area contributed by atoms with Crippen molar-refractivity contribution in [3.63, 3.8) is 0 Å². The number of aromatic nitrogens is 2. The highest BCUT2D eigenvalue weighted by molar-refractivity contribution is 6.30. The first-order valence-electron chi connectivity index (χ1n) is 7.89. The van der Waals surface area contributed by atoms with E-state index < -0.39 is 0 Å². The zero-order chi connectivity index (χ0) is 17.5. The van der Waals surface area contributed by atoms with Gasteiger partial charge >= 0.3 is 0 Å². The van der Waals surface area contributed by atoms with E-state index in [1.54, 1.807) is 12.1 Å². The Balaban J connectivity index is 1.51. The standard InChI is InChI=1S/C19H17ClN4O/c20-15-8-6-14(7-9-15)12-13-21-18-11-10-17(23-24-18)19(25)22-16-4-2-1-3-5-16/h1-11H,12-13H2,(H,21,24)(H,22,25). The lowest BCUT2D eigenvalue weighted by atomic mass is 10.1.